The number of benzene rings is 3. The number of rotatable bonds is 14. The van der Waals surface area contributed by atoms with E-state index in [1.54, 1.807) is 0 Å². The van der Waals surface area contributed by atoms with E-state index in [1.165, 1.54) is 6.20 Å². The van der Waals surface area contributed by atoms with Crippen molar-refractivity contribution in [1.82, 2.24) is 14.8 Å². The van der Waals surface area contributed by atoms with Crippen LogP contribution in [0.3, 0.4) is 0 Å². The topological polar surface area (TPSA) is 119 Å². The summed E-state index contributed by atoms with van der Waals surface area (Å²) in [7, 11) is 8.08. The fraction of sp³-hybridized carbons (Fsp3) is 0.270. The van der Waals surface area contributed by atoms with Gasteiger partial charge in [0.15, 0.2) is 0 Å². The van der Waals surface area contributed by atoms with E-state index in [0.717, 1.165) is 53.0 Å². The van der Waals surface area contributed by atoms with Gasteiger partial charge in [0.25, 0.3) is 0 Å². The van der Waals surface area contributed by atoms with Crippen LogP contribution in [0.4, 0.5) is 21.9 Å². The molecule has 3 N–H and O–H groups in total. The number of pyridine rings is 1. The van der Waals surface area contributed by atoms with Gasteiger partial charge in [-0.3, -0.25) is 0 Å². The minimum atomic E-state index is -0.296. The van der Waals surface area contributed by atoms with Gasteiger partial charge < -0.3 is 34.9 Å². The second-order valence-electron chi connectivity index (χ2n) is 11.9. The lowest BCUT2D eigenvalue weighted by molar-refractivity contribution is 0.262. The molecular weight excluding hydrogens is 590 g/mol. The third-order valence-corrected chi connectivity index (χ3v) is 7.52. The molecule has 2 aromatic heterocycles. The van der Waals surface area contributed by atoms with E-state index in [1.807, 2.05) is 107 Å². The van der Waals surface area contributed by atoms with Crippen LogP contribution in [-0.4, -0.2) is 68.7 Å². The molecule has 10 heteroatoms. The minimum Gasteiger partial charge on any atom is -0.494 e. The lowest BCUT2D eigenvalue weighted by Gasteiger charge is -2.15. The highest BCUT2D eigenvalue weighted by atomic mass is 16.5. The summed E-state index contributed by atoms with van der Waals surface area (Å²) in [6.07, 6.45) is 3.20. The number of amides is 2. The quantitative estimate of drug-likeness (QED) is 0.112. The normalized spacial score (nSPS) is 11.1. The SMILES string of the molecule is CN(C)CCCOc1ccc(-c2cc3c(NCCc4ccc(NC(=O)Nc5ccccc5CN(C)C)cc4)c(C#N)cnc3o2)cc1. The average Bonchev–Trinajstić information content (AvgIpc) is 3.50. The number of aromatic nitrogens is 1. The first-order chi connectivity index (χ1) is 22.8. The summed E-state index contributed by atoms with van der Waals surface area (Å²) in [4.78, 5) is 21.3. The molecule has 3 aromatic carbocycles. The molecule has 47 heavy (non-hydrogen) atoms. The molecule has 0 saturated carbocycles. The van der Waals surface area contributed by atoms with Crippen molar-refractivity contribution in [2.75, 3.05) is 63.8 Å². The molecule has 5 rings (SSSR count). The molecule has 242 valence electrons. The third kappa shape index (κ3) is 9.10. The number of ether oxygens (including phenoxy) is 1. The van der Waals surface area contributed by atoms with Crippen molar-refractivity contribution >= 4 is 34.2 Å². The summed E-state index contributed by atoms with van der Waals surface area (Å²) < 4.78 is 11.9. The van der Waals surface area contributed by atoms with Crippen LogP contribution in [0, 0.1) is 11.3 Å². The maximum absolute atomic E-state index is 12.7. The molecule has 0 aliphatic carbocycles. The Morgan fingerprint density at radius 3 is 2.45 bits per heavy atom. The van der Waals surface area contributed by atoms with Crippen molar-refractivity contribution in [1.29, 1.82) is 5.26 Å². The number of nitrogens with zero attached hydrogens (tertiary/aromatic N) is 4. The van der Waals surface area contributed by atoms with E-state index in [4.69, 9.17) is 9.15 Å². The van der Waals surface area contributed by atoms with Gasteiger partial charge in [0, 0.05) is 36.6 Å². The molecule has 2 heterocycles. The minimum absolute atomic E-state index is 0.296. The average molecular weight is 632 g/mol. The Morgan fingerprint density at radius 1 is 0.957 bits per heavy atom. The molecule has 5 aromatic rings. The zero-order chi connectivity index (χ0) is 33.2. The summed E-state index contributed by atoms with van der Waals surface area (Å²) in [5.41, 5.74) is 6.10. The summed E-state index contributed by atoms with van der Waals surface area (Å²) in [5.74, 6) is 1.47. The highest BCUT2D eigenvalue weighted by Gasteiger charge is 2.15. The van der Waals surface area contributed by atoms with E-state index in [-0.39, 0.29) is 6.03 Å². The molecule has 0 aliphatic rings. The number of urea groups is 1. The van der Waals surface area contributed by atoms with Gasteiger partial charge in [0.1, 0.15) is 17.6 Å². The number of carbonyl (C=O) groups is 1. The number of furan rings is 1. The maximum atomic E-state index is 12.7. The Morgan fingerprint density at radius 2 is 1.72 bits per heavy atom. The van der Waals surface area contributed by atoms with Crippen LogP contribution in [0.2, 0.25) is 0 Å². The predicted molar refractivity (Wildman–Crippen MR) is 188 cm³/mol. The Kier molecular flexibility index (Phi) is 11.1. The highest BCUT2D eigenvalue weighted by Crippen LogP contribution is 2.33. The van der Waals surface area contributed by atoms with Crippen molar-refractivity contribution in [3.05, 3.63) is 102 Å². The Labute approximate surface area is 276 Å². The van der Waals surface area contributed by atoms with Crippen LogP contribution in [0.1, 0.15) is 23.1 Å². The first-order valence-electron chi connectivity index (χ1n) is 15.6. The maximum Gasteiger partial charge on any atom is 0.323 e. The lowest BCUT2D eigenvalue weighted by atomic mass is 10.1. The molecule has 0 aliphatic heterocycles. The van der Waals surface area contributed by atoms with Gasteiger partial charge in [-0.1, -0.05) is 30.3 Å². The first kappa shape index (κ1) is 33.0. The van der Waals surface area contributed by atoms with Crippen molar-refractivity contribution in [3.8, 4) is 23.1 Å². The van der Waals surface area contributed by atoms with Gasteiger partial charge in [0.2, 0.25) is 5.71 Å². The third-order valence-electron chi connectivity index (χ3n) is 7.52. The van der Waals surface area contributed by atoms with Crippen molar-refractivity contribution in [2.24, 2.45) is 0 Å². The van der Waals surface area contributed by atoms with E-state index in [9.17, 15) is 10.1 Å². The Balaban J connectivity index is 1.18. The smallest absolute Gasteiger partial charge is 0.323 e. The number of para-hydroxylation sites is 1. The van der Waals surface area contributed by atoms with Crippen molar-refractivity contribution in [3.63, 3.8) is 0 Å². The van der Waals surface area contributed by atoms with Crippen LogP contribution in [-0.2, 0) is 13.0 Å². The van der Waals surface area contributed by atoms with Gasteiger partial charge in [0.05, 0.1) is 29.4 Å². The van der Waals surface area contributed by atoms with Gasteiger partial charge in [-0.05, 0) is 101 Å². The fourth-order valence-electron chi connectivity index (χ4n) is 5.18. The number of anilines is 3. The Hall–Kier alpha value is -5.37. The molecule has 0 unspecified atom stereocenters. The number of fused-ring (bicyclic) bond motifs is 1. The summed E-state index contributed by atoms with van der Waals surface area (Å²) >= 11 is 0. The number of hydrogen-bond acceptors (Lipinski definition) is 8. The molecule has 10 nitrogen and oxygen atoms in total. The summed E-state index contributed by atoms with van der Waals surface area (Å²) in [6.45, 7) is 2.94. The van der Waals surface area contributed by atoms with Crippen molar-refractivity contribution < 1.29 is 13.9 Å². The molecule has 0 saturated heterocycles. The first-order valence-corrected chi connectivity index (χ1v) is 15.6. The van der Waals surface area contributed by atoms with Gasteiger partial charge >= 0.3 is 6.03 Å². The number of nitrogens with one attached hydrogen (secondary N) is 3. The van der Waals surface area contributed by atoms with Crippen LogP contribution in [0.15, 0.2) is 89.5 Å². The number of carbonyl (C=O) groups excluding carboxylic acids is 1. The zero-order valence-corrected chi connectivity index (χ0v) is 27.3. The van der Waals surface area contributed by atoms with Crippen LogP contribution in [0.5, 0.6) is 5.75 Å². The van der Waals surface area contributed by atoms with E-state index < -0.39 is 0 Å². The van der Waals surface area contributed by atoms with Gasteiger partial charge in [-0.25, -0.2) is 9.78 Å². The number of hydrogen-bond donors (Lipinski definition) is 3. The van der Waals surface area contributed by atoms with Crippen LogP contribution < -0.4 is 20.7 Å². The second kappa shape index (κ2) is 15.8. The molecular formula is C37H41N7O3. The molecule has 2 amide bonds. The zero-order valence-electron chi connectivity index (χ0n) is 27.3. The van der Waals surface area contributed by atoms with Crippen LogP contribution >= 0.6 is 0 Å². The molecule has 0 spiro atoms. The summed E-state index contributed by atoms with van der Waals surface area (Å²) in [5, 5.41) is 19.8. The molecule has 0 fully saturated rings. The lowest BCUT2D eigenvalue weighted by Crippen LogP contribution is -2.21. The standard InChI is InChI=1S/C37H41N7O3/c1-43(2)20-7-21-46-31-16-12-27(13-17-31)34-22-32-35(29(23-38)24-40-36(32)47-34)39-19-18-26-10-14-30(15-11-26)41-37(45)42-33-9-6-5-8-28(33)25-44(3)4/h5-6,8-17,22,24H,7,18-21,25H2,1-4H3,(H,39,40)(H2,41,42,45). The van der Waals surface area contributed by atoms with E-state index >= 15 is 0 Å². The predicted octanol–water partition coefficient (Wildman–Crippen LogP) is 7.06. The fourth-order valence-corrected chi connectivity index (χ4v) is 5.18. The van der Waals surface area contributed by atoms with Crippen LogP contribution in [0.25, 0.3) is 22.4 Å². The highest BCUT2D eigenvalue weighted by molar-refractivity contribution is 6.00. The monoisotopic (exact) mass is 631 g/mol. The van der Waals surface area contributed by atoms with Crippen molar-refractivity contribution in [2.45, 2.75) is 19.4 Å². The molecule has 0 atom stereocenters. The van der Waals surface area contributed by atoms with Gasteiger partial charge in [-0.2, -0.15) is 5.26 Å². The Bertz CT molecular complexity index is 1820. The van der Waals surface area contributed by atoms with E-state index in [0.29, 0.717) is 48.0 Å². The van der Waals surface area contributed by atoms with Gasteiger partial charge in [-0.15, -0.1) is 0 Å². The summed E-state index contributed by atoms with van der Waals surface area (Å²) in [6, 6.07) is 27.2. The second-order valence-corrected chi connectivity index (χ2v) is 11.9. The number of nitriles is 1. The molecule has 0 bridgehead atoms. The van der Waals surface area contributed by atoms with E-state index in [2.05, 4.69) is 36.8 Å². The molecule has 0 radical (unpaired) electrons. The largest absolute Gasteiger partial charge is 0.494 e.